The third-order valence-electron chi connectivity index (χ3n) is 6.01. The van der Waals surface area contributed by atoms with Gasteiger partial charge in [0.05, 0.1) is 17.2 Å². The van der Waals surface area contributed by atoms with Crippen LogP contribution in [0.15, 0.2) is 82.5 Å². The van der Waals surface area contributed by atoms with E-state index in [0.717, 1.165) is 11.1 Å². The summed E-state index contributed by atoms with van der Waals surface area (Å²) < 4.78 is 19.6. The number of hydrogen-bond acceptors (Lipinski definition) is 8. The van der Waals surface area contributed by atoms with Crippen molar-refractivity contribution in [2.75, 3.05) is 12.4 Å². The Kier molecular flexibility index (Phi) is 7.62. The highest BCUT2D eigenvalue weighted by molar-refractivity contribution is 9.10. The van der Waals surface area contributed by atoms with Crippen molar-refractivity contribution >= 4 is 39.4 Å². The molecule has 4 aromatic rings. The molecule has 1 aliphatic rings. The third-order valence-corrected chi connectivity index (χ3v) is 6.85. The van der Waals surface area contributed by atoms with Crippen molar-refractivity contribution in [1.82, 2.24) is 20.2 Å². The second-order valence-corrected chi connectivity index (χ2v) is 9.82. The van der Waals surface area contributed by atoms with Crippen molar-refractivity contribution in [2.24, 2.45) is 0 Å². The highest BCUT2D eigenvalue weighted by Gasteiger charge is 2.36. The maximum Gasteiger partial charge on any atom is 0.338 e. The standard InChI is InChI=1S/C27H23BrClN5O4/c1-16-23(26(35)38-15-17-6-4-3-5-7-17)24(34-27(30-16)31-32-33-34)19-12-21(28)25(22(13-19)36-2)37-14-18-8-10-20(29)11-9-18/h3-13,24H,14-15H2,1-2H3,(H,30,31,33). The number of ether oxygens (including phenoxy) is 3. The molecule has 2 heterocycles. The predicted octanol–water partition coefficient (Wildman–Crippen LogP) is 5.71. The predicted molar refractivity (Wildman–Crippen MR) is 145 cm³/mol. The van der Waals surface area contributed by atoms with Gasteiger partial charge in [-0.25, -0.2) is 4.79 Å². The number of methoxy groups -OCH3 is 1. The number of rotatable bonds is 8. The number of esters is 1. The van der Waals surface area contributed by atoms with E-state index >= 15 is 0 Å². The van der Waals surface area contributed by atoms with Crippen LogP contribution in [0.3, 0.4) is 0 Å². The van der Waals surface area contributed by atoms with E-state index in [1.807, 2.05) is 60.7 Å². The number of allylic oxidation sites excluding steroid dienone is 1. The summed E-state index contributed by atoms with van der Waals surface area (Å²) in [7, 11) is 1.56. The average Bonchev–Trinajstić information content (AvgIpc) is 3.39. The van der Waals surface area contributed by atoms with Crippen LogP contribution in [0, 0.1) is 0 Å². The molecule has 0 bridgehead atoms. The van der Waals surface area contributed by atoms with Gasteiger partial charge in [-0.15, -0.1) is 0 Å². The quantitative estimate of drug-likeness (QED) is 0.258. The zero-order valence-corrected chi connectivity index (χ0v) is 22.9. The van der Waals surface area contributed by atoms with Crippen LogP contribution in [0.2, 0.25) is 5.02 Å². The Labute approximate surface area is 232 Å². The first-order valence-electron chi connectivity index (χ1n) is 11.7. The fourth-order valence-corrected chi connectivity index (χ4v) is 4.86. The van der Waals surface area contributed by atoms with Gasteiger partial charge in [0.15, 0.2) is 11.5 Å². The summed E-state index contributed by atoms with van der Waals surface area (Å²) in [5.41, 5.74) is 3.51. The minimum Gasteiger partial charge on any atom is -0.493 e. The molecule has 0 fully saturated rings. The lowest BCUT2D eigenvalue weighted by molar-refractivity contribution is -0.140. The first kappa shape index (κ1) is 25.7. The normalized spacial score (nSPS) is 14.5. The lowest BCUT2D eigenvalue weighted by Crippen LogP contribution is -2.29. The van der Waals surface area contributed by atoms with Crippen LogP contribution in [0.25, 0.3) is 0 Å². The third kappa shape index (κ3) is 5.36. The van der Waals surface area contributed by atoms with Crippen molar-refractivity contribution in [1.29, 1.82) is 0 Å². The van der Waals surface area contributed by atoms with Crippen molar-refractivity contribution in [2.45, 2.75) is 26.2 Å². The summed E-state index contributed by atoms with van der Waals surface area (Å²) in [5.74, 6) is 0.922. The maximum atomic E-state index is 13.4. The molecule has 38 heavy (non-hydrogen) atoms. The van der Waals surface area contributed by atoms with Crippen molar-refractivity contribution in [3.63, 3.8) is 0 Å². The number of carbonyl (C=O) groups is 1. The Morgan fingerprint density at radius 3 is 2.55 bits per heavy atom. The fourth-order valence-electron chi connectivity index (χ4n) is 4.16. The van der Waals surface area contributed by atoms with E-state index in [4.69, 9.17) is 25.8 Å². The zero-order valence-electron chi connectivity index (χ0n) is 20.5. The smallest absolute Gasteiger partial charge is 0.338 e. The van der Waals surface area contributed by atoms with Crippen LogP contribution < -0.4 is 14.8 Å². The van der Waals surface area contributed by atoms with Crippen LogP contribution in [0.1, 0.15) is 29.7 Å². The minimum absolute atomic E-state index is 0.135. The van der Waals surface area contributed by atoms with E-state index in [1.165, 1.54) is 0 Å². The number of aromatic nitrogens is 4. The van der Waals surface area contributed by atoms with Gasteiger partial charge in [-0.05, 0) is 74.2 Å². The van der Waals surface area contributed by atoms with Gasteiger partial charge in [0.1, 0.15) is 19.3 Å². The molecule has 5 rings (SSSR count). The van der Waals surface area contributed by atoms with Gasteiger partial charge in [0.2, 0.25) is 5.95 Å². The summed E-state index contributed by atoms with van der Waals surface area (Å²) in [6, 6.07) is 19.9. The Morgan fingerprint density at radius 1 is 1.08 bits per heavy atom. The molecule has 1 unspecified atom stereocenters. The summed E-state index contributed by atoms with van der Waals surface area (Å²) in [6.45, 7) is 2.24. The van der Waals surface area contributed by atoms with Gasteiger partial charge >= 0.3 is 5.97 Å². The van der Waals surface area contributed by atoms with Gasteiger partial charge in [0.25, 0.3) is 0 Å². The highest BCUT2D eigenvalue weighted by atomic mass is 79.9. The molecule has 0 aliphatic carbocycles. The Balaban J connectivity index is 1.47. The summed E-state index contributed by atoms with van der Waals surface area (Å²) in [5, 5.41) is 15.7. The number of nitrogens with zero attached hydrogens (tertiary/aromatic N) is 4. The lowest BCUT2D eigenvalue weighted by Gasteiger charge is -2.28. The molecule has 1 aromatic heterocycles. The second-order valence-electron chi connectivity index (χ2n) is 8.52. The molecule has 1 aliphatic heterocycles. The molecular formula is C27H23BrClN5O4. The van der Waals surface area contributed by atoms with Gasteiger partial charge < -0.3 is 19.5 Å². The van der Waals surface area contributed by atoms with Gasteiger partial charge in [0, 0.05) is 10.7 Å². The SMILES string of the molecule is COc1cc(C2C(C(=O)OCc3ccccc3)=C(C)Nc3nnnn32)cc(Br)c1OCc1ccc(Cl)cc1. The minimum atomic E-state index is -0.667. The maximum absolute atomic E-state index is 13.4. The van der Waals surface area contributed by atoms with Gasteiger partial charge in [-0.1, -0.05) is 59.2 Å². The van der Waals surface area contributed by atoms with Gasteiger partial charge in [-0.2, -0.15) is 4.68 Å². The molecular weight excluding hydrogens is 574 g/mol. The number of hydrogen-bond donors (Lipinski definition) is 1. The van der Waals surface area contributed by atoms with Crippen LogP contribution in [0.5, 0.6) is 11.5 Å². The Morgan fingerprint density at radius 2 is 1.82 bits per heavy atom. The number of fused-ring (bicyclic) bond motifs is 1. The molecule has 0 radical (unpaired) electrons. The summed E-state index contributed by atoms with van der Waals surface area (Å²) >= 11 is 9.61. The molecule has 1 atom stereocenters. The van der Waals surface area contributed by atoms with E-state index in [1.54, 1.807) is 24.8 Å². The average molecular weight is 597 g/mol. The van der Waals surface area contributed by atoms with Crippen LogP contribution in [0.4, 0.5) is 5.95 Å². The van der Waals surface area contributed by atoms with Crippen LogP contribution in [-0.4, -0.2) is 33.3 Å². The monoisotopic (exact) mass is 595 g/mol. The topological polar surface area (TPSA) is 100 Å². The molecule has 194 valence electrons. The first-order valence-corrected chi connectivity index (χ1v) is 12.8. The van der Waals surface area contributed by atoms with Crippen molar-refractivity contribution < 1.29 is 19.0 Å². The Bertz CT molecular complexity index is 1490. The lowest BCUT2D eigenvalue weighted by atomic mass is 9.95. The molecule has 3 aromatic carbocycles. The highest BCUT2D eigenvalue weighted by Crippen LogP contribution is 2.43. The number of anilines is 1. The molecule has 1 N–H and O–H groups in total. The van der Waals surface area contributed by atoms with Crippen molar-refractivity contribution in [3.8, 4) is 11.5 Å². The molecule has 0 saturated heterocycles. The van der Waals surface area contributed by atoms with E-state index in [0.29, 0.717) is 50.4 Å². The summed E-state index contributed by atoms with van der Waals surface area (Å²) in [6.07, 6.45) is 0. The van der Waals surface area contributed by atoms with Crippen LogP contribution in [-0.2, 0) is 22.7 Å². The van der Waals surface area contributed by atoms with E-state index in [2.05, 4.69) is 36.8 Å². The molecule has 0 spiro atoms. The second kappa shape index (κ2) is 11.2. The number of nitrogens with one attached hydrogen (secondary N) is 1. The number of halogens is 2. The fraction of sp³-hybridized carbons (Fsp3) is 0.185. The van der Waals surface area contributed by atoms with E-state index in [9.17, 15) is 4.79 Å². The molecule has 11 heteroatoms. The molecule has 0 saturated carbocycles. The van der Waals surface area contributed by atoms with Crippen molar-refractivity contribution in [3.05, 3.63) is 104 Å². The number of tetrazole rings is 1. The van der Waals surface area contributed by atoms with E-state index in [-0.39, 0.29) is 6.61 Å². The van der Waals surface area contributed by atoms with Gasteiger partial charge in [-0.3, -0.25) is 0 Å². The molecule has 0 amide bonds. The number of benzene rings is 3. The van der Waals surface area contributed by atoms with E-state index < -0.39 is 12.0 Å². The zero-order chi connectivity index (χ0) is 26.6. The summed E-state index contributed by atoms with van der Waals surface area (Å²) in [4.78, 5) is 13.4. The molecule has 9 nitrogen and oxygen atoms in total. The van der Waals surface area contributed by atoms with Crippen LogP contribution >= 0.6 is 27.5 Å². The number of carbonyl (C=O) groups excluding carboxylic acids is 1. The largest absolute Gasteiger partial charge is 0.493 e. The first-order chi connectivity index (χ1) is 18.4. The Hall–Kier alpha value is -3.89.